The van der Waals surface area contributed by atoms with Gasteiger partial charge in [-0.15, -0.1) is 35.3 Å². The second-order valence-electron chi connectivity index (χ2n) is 5.79. The minimum Gasteiger partial charge on any atom is -0.381 e. The summed E-state index contributed by atoms with van der Waals surface area (Å²) >= 11 is 1.79. The van der Waals surface area contributed by atoms with Crippen LogP contribution in [-0.2, 0) is 22.3 Å². The Labute approximate surface area is 172 Å². The first-order chi connectivity index (χ1) is 11.8. The molecule has 0 aliphatic carbocycles. The van der Waals surface area contributed by atoms with E-state index in [1.807, 2.05) is 6.20 Å². The quantitative estimate of drug-likeness (QED) is 0.245. The standard InChI is InChI=1S/C17H30N4O2S.HI/c1-3-15-13-21-16(24-15)5-9-20-17(18-2)19-8-4-10-23-14-6-11-22-12-7-14;/h13-14H,3-12H2,1-2H3,(H2,18,19,20);1H. The number of aromatic nitrogens is 1. The van der Waals surface area contributed by atoms with Gasteiger partial charge >= 0.3 is 0 Å². The van der Waals surface area contributed by atoms with E-state index in [1.165, 1.54) is 9.88 Å². The van der Waals surface area contributed by atoms with E-state index in [4.69, 9.17) is 9.47 Å². The molecule has 0 radical (unpaired) electrons. The SMILES string of the molecule is CCc1cnc(CCNC(=NC)NCCCOC2CCOCC2)s1.I. The zero-order valence-corrected chi connectivity index (χ0v) is 18.4. The summed E-state index contributed by atoms with van der Waals surface area (Å²) in [6, 6.07) is 0. The Balaban J connectivity index is 0.00000312. The summed E-state index contributed by atoms with van der Waals surface area (Å²) in [5, 5.41) is 7.84. The van der Waals surface area contributed by atoms with Crippen molar-refractivity contribution in [3.8, 4) is 0 Å². The fourth-order valence-electron chi connectivity index (χ4n) is 2.51. The van der Waals surface area contributed by atoms with Gasteiger partial charge in [0.15, 0.2) is 5.96 Å². The first-order valence-corrected chi connectivity index (χ1v) is 9.71. The predicted molar refractivity (Wildman–Crippen MR) is 114 cm³/mol. The molecular weight excluding hydrogens is 451 g/mol. The van der Waals surface area contributed by atoms with Crippen LogP contribution in [0.2, 0.25) is 0 Å². The Bertz CT molecular complexity index is 493. The van der Waals surface area contributed by atoms with Crippen LogP contribution >= 0.6 is 35.3 Å². The summed E-state index contributed by atoms with van der Waals surface area (Å²) in [5.41, 5.74) is 0. The van der Waals surface area contributed by atoms with Gasteiger partial charge in [-0.3, -0.25) is 4.99 Å². The predicted octanol–water partition coefficient (Wildman–Crippen LogP) is 2.62. The Hall–Kier alpha value is -0.450. The largest absolute Gasteiger partial charge is 0.381 e. The smallest absolute Gasteiger partial charge is 0.190 e. The Kier molecular flexibility index (Phi) is 12.4. The topological polar surface area (TPSA) is 67.8 Å². The molecule has 1 aromatic heterocycles. The van der Waals surface area contributed by atoms with Gasteiger partial charge in [-0.1, -0.05) is 6.92 Å². The number of aliphatic imine (C=N–C) groups is 1. The van der Waals surface area contributed by atoms with E-state index in [0.717, 1.165) is 71.0 Å². The number of hydrogen-bond donors (Lipinski definition) is 2. The number of rotatable bonds is 9. The summed E-state index contributed by atoms with van der Waals surface area (Å²) in [4.78, 5) is 10.0. The van der Waals surface area contributed by atoms with E-state index in [1.54, 1.807) is 18.4 Å². The van der Waals surface area contributed by atoms with E-state index in [-0.39, 0.29) is 24.0 Å². The number of nitrogens with zero attached hydrogens (tertiary/aromatic N) is 2. The van der Waals surface area contributed by atoms with Gasteiger partial charge in [-0.05, 0) is 25.7 Å². The van der Waals surface area contributed by atoms with Crippen LogP contribution in [0, 0.1) is 0 Å². The highest BCUT2D eigenvalue weighted by Gasteiger charge is 2.13. The molecule has 0 saturated carbocycles. The maximum absolute atomic E-state index is 5.86. The third-order valence-electron chi connectivity index (χ3n) is 3.94. The average molecular weight is 482 g/mol. The van der Waals surface area contributed by atoms with Gasteiger partial charge < -0.3 is 20.1 Å². The van der Waals surface area contributed by atoms with Crippen molar-refractivity contribution in [2.24, 2.45) is 4.99 Å². The summed E-state index contributed by atoms with van der Waals surface area (Å²) in [6.45, 7) is 6.31. The molecule has 2 heterocycles. The van der Waals surface area contributed by atoms with Gasteiger partial charge in [0.05, 0.1) is 11.1 Å². The maximum Gasteiger partial charge on any atom is 0.190 e. The van der Waals surface area contributed by atoms with E-state index >= 15 is 0 Å². The van der Waals surface area contributed by atoms with Gasteiger partial charge in [0.1, 0.15) is 0 Å². The normalized spacial score (nSPS) is 15.7. The second kappa shape index (κ2) is 13.7. The minimum atomic E-state index is 0. The van der Waals surface area contributed by atoms with Gasteiger partial charge in [0.2, 0.25) is 0 Å². The molecular formula is C17H31IN4O2S. The zero-order valence-electron chi connectivity index (χ0n) is 15.3. The van der Waals surface area contributed by atoms with Crippen molar-refractivity contribution in [3.05, 3.63) is 16.1 Å². The van der Waals surface area contributed by atoms with Crippen LogP contribution in [0.15, 0.2) is 11.2 Å². The van der Waals surface area contributed by atoms with Crippen LogP contribution in [-0.4, -0.2) is 57.0 Å². The van der Waals surface area contributed by atoms with E-state index < -0.39 is 0 Å². The van der Waals surface area contributed by atoms with Crippen LogP contribution in [0.4, 0.5) is 0 Å². The molecule has 6 nitrogen and oxygen atoms in total. The second-order valence-corrected chi connectivity index (χ2v) is 6.99. The van der Waals surface area contributed by atoms with Crippen molar-refractivity contribution in [3.63, 3.8) is 0 Å². The van der Waals surface area contributed by atoms with Gasteiger partial charge in [-0.2, -0.15) is 0 Å². The van der Waals surface area contributed by atoms with Crippen LogP contribution < -0.4 is 10.6 Å². The molecule has 0 aromatic carbocycles. The van der Waals surface area contributed by atoms with Crippen molar-refractivity contribution in [1.29, 1.82) is 0 Å². The fraction of sp³-hybridized carbons (Fsp3) is 0.765. The number of aryl methyl sites for hydroxylation is 1. The Morgan fingerprint density at radius 1 is 1.36 bits per heavy atom. The molecule has 2 N–H and O–H groups in total. The molecule has 0 bridgehead atoms. The molecule has 1 aromatic rings. The summed E-state index contributed by atoms with van der Waals surface area (Å²) < 4.78 is 11.2. The van der Waals surface area contributed by atoms with Crippen molar-refractivity contribution in [2.45, 2.75) is 45.1 Å². The van der Waals surface area contributed by atoms with E-state index in [0.29, 0.717) is 6.10 Å². The van der Waals surface area contributed by atoms with Crippen molar-refractivity contribution < 1.29 is 9.47 Å². The highest BCUT2D eigenvalue weighted by molar-refractivity contribution is 14.0. The van der Waals surface area contributed by atoms with E-state index in [9.17, 15) is 0 Å². The molecule has 0 atom stereocenters. The molecule has 1 saturated heterocycles. The van der Waals surface area contributed by atoms with Crippen molar-refractivity contribution >= 4 is 41.3 Å². The van der Waals surface area contributed by atoms with Crippen LogP contribution in [0.1, 0.15) is 36.1 Å². The van der Waals surface area contributed by atoms with Gasteiger partial charge in [0.25, 0.3) is 0 Å². The molecule has 25 heavy (non-hydrogen) atoms. The zero-order chi connectivity index (χ0) is 17.0. The summed E-state index contributed by atoms with van der Waals surface area (Å²) in [7, 11) is 1.80. The summed E-state index contributed by atoms with van der Waals surface area (Å²) in [5.74, 6) is 0.841. The first-order valence-electron chi connectivity index (χ1n) is 8.89. The highest BCUT2D eigenvalue weighted by Crippen LogP contribution is 2.13. The molecule has 2 rings (SSSR count). The molecule has 0 amide bonds. The highest BCUT2D eigenvalue weighted by atomic mass is 127. The number of ether oxygens (including phenoxy) is 2. The number of hydrogen-bond acceptors (Lipinski definition) is 5. The Morgan fingerprint density at radius 2 is 2.12 bits per heavy atom. The summed E-state index contributed by atoms with van der Waals surface area (Å²) in [6.07, 6.45) is 7.36. The van der Waals surface area contributed by atoms with Crippen LogP contribution in [0.25, 0.3) is 0 Å². The lowest BCUT2D eigenvalue weighted by Crippen LogP contribution is -2.39. The number of thiazole rings is 1. The number of halogens is 1. The molecule has 1 aliphatic heterocycles. The number of nitrogens with one attached hydrogen (secondary N) is 2. The first kappa shape index (κ1) is 22.6. The molecule has 0 spiro atoms. The lowest BCUT2D eigenvalue weighted by molar-refractivity contribution is -0.0320. The number of guanidine groups is 1. The Morgan fingerprint density at radius 3 is 2.80 bits per heavy atom. The molecule has 1 fully saturated rings. The monoisotopic (exact) mass is 482 g/mol. The third kappa shape index (κ3) is 9.16. The molecule has 144 valence electrons. The molecule has 8 heteroatoms. The van der Waals surface area contributed by atoms with Crippen molar-refractivity contribution in [1.82, 2.24) is 15.6 Å². The fourth-order valence-corrected chi connectivity index (χ4v) is 3.37. The van der Waals surface area contributed by atoms with Gasteiger partial charge in [0, 0.05) is 57.5 Å². The lowest BCUT2D eigenvalue weighted by Gasteiger charge is -2.22. The van der Waals surface area contributed by atoms with Gasteiger partial charge in [-0.25, -0.2) is 4.98 Å². The van der Waals surface area contributed by atoms with Crippen molar-refractivity contribution in [2.75, 3.05) is 40.0 Å². The maximum atomic E-state index is 5.86. The third-order valence-corrected chi connectivity index (χ3v) is 5.14. The van der Waals surface area contributed by atoms with Crippen LogP contribution in [0.5, 0.6) is 0 Å². The lowest BCUT2D eigenvalue weighted by atomic mass is 10.1. The minimum absolute atomic E-state index is 0. The average Bonchev–Trinajstić information content (AvgIpc) is 3.09. The molecule has 1 aliphatic rings. The molecule has 0 unspecified atom stereocenters. The van der Waals surface area contributed by atoms with E-state index in [2.05, 4.69) is 27.5 Å². The van der Waals surface area contributed by atoms with Crippen LogP contribution in [0.3, 0.4) is 0 Å².